The molecule has 0 saturated carbocycles. The summed E-state index contributed by atoms with van der Waals surface area (Å²) in [6.07, 6.45) is 1.36. The summed E-state index contributed by atoms with van der Waals surface area (Å²) < 4.78 is 3.19. The van der Waals surface area contributed by atoms with E-state index >= 15 is 0 Å². The number of fused-ring (bicyclic) bond motifs is 2. The third kappa shape index (κ3) is 3.37. The number of amides is 1. The van der Waals surface area contributed by atoms with E-state index < -0.39 is 23.9 Å². The molecule has 11 heteroatoms. The summed E-state index contributed by atoms with van der Waals surface area (Å²) in [6, 6.07) is 8.96. The number of carboxylic acid groups (broad SMARTS) is 1. The number of H-pyrrole nitrogens is 1. The number of carbonyl (C=O) groups is 2. The van der Waals surface area contributed by atoms with E-state index in [1.54, 1.807) is 0 Å². The predicted molar refractivity (Wildman–Crippen MR) is 107 cm³/mol. The molecule has 1 amide bonds. The van der Waals surface area contributed by atoms with E-state index in [1.165, 1.54) is 40.0 Å². The lowest BCUT2D eigenvalue weighted by Gasteiger charge is -2.08. The Hall–Kier alpha value is -2.82. The van der Waals surface area contributed by atoms with Crippen molar-refractivity contribution in [3.05, 3.63) is 56.8 Å². The lowest BCUT2D eigenvalue weighted by Crippen LogP contribution is -2.33. The lowest BCUT2D eigenvalue weighted by molar-refractivity contribution is -0.135. The second kappa shape index (κ2) is 7.30. The zero-order valence-corrected chi connectivity index (χ0v) is 16.3. The van der Waals surface area contributed by atoms with Gasteiger partial charge in [0.2, 0.25) is 0 Å². The number of benzene rings is 1. The molecule has 0 bridgehead atoms. The minimum Gasteiger partial charge on any atom is -0.480 e. The first kappa shape index (κ1) is 18.5. The Balaban J connectivity index is 1.78. The van der Waals surface area contributed by atoms with Crippen molar-refractivity contribution >= 4 is 62.3 Å². The van der Waals surface area contributed by atoms with Gasteiger partial charge in [0.15, 0.2) is 11.1 Å². The van der Waals surface area contributed by atoms with E-state index in [0.717, 1.165) is 15.0 Å². The van der Waals surface area contributed by atoms with Crippen LogP contribution in [0.1, 0.15) is 10.4 Å². The molecule has 28 heavy (non-hydrogen) atoms. The van der Waals surface area contributed by atoms with E-state index in [2.05, 4.69) is 15.4 Å². The van der Waals surface area contributed by atoms with Gasteiger partial charge in [0.1, 0.15) is 23.5 Å². The Kier molecular flexibility index (Phi) is 4.84. The number of halogens is 1. The number of nitrogens with one attached hydrogen (secondary N) is 2. The third-order valence-electron chi connectivity index (χ3n) is 3.86. The van der Waals surface area contributed by atoms with Crippen LogP contribution in [0.25, 0.3) is 15.7 Å². The van der Waals surface area contributed by atoms with Crippen molar-refractivity contribution in [3.8, 4) is 0 Å². The van der Waals surface area contributed by atoms with Gasteiger partial charge >= 0.3 is 5.97 Å². The summed E-state index contributed by atoms with van der Waals surface area (Å²) >= 11 is 8.91. The van der Waals surface area contributed by atoms with Crippen LogP contribution in [0.3, 0.4) is 0 Å². The van der Waals surface area contributed by atoms with Gasteiger partial charge in [0.05, 0.1) is 4.34 Å². The quantitative estimate of drug-likeness (QED) is 0.444. The maximum atomic E-state index is 12.6. The highest BCUT2D eigenvalue weighted by Gasteiger charge is 2.20. The molecule has 3 heterocycles. The Bertz CT molecular complexity index is 1290. The molecule has 0 aliphatic rings. The fourth-order valence-electron chi connectivity index (χ4n) is 2.71. The number of nitrogens with zero attached hydrogens (tertiary/aromatic N) is 2. The van der Waals surface area contributed by atoms with Crippen molar-refractivity contribution in [2.24, 2.45) is 0 Å². The summed E-state index contributed by atoms with van der Waals surface area (Å²) in [5.41, 5.74) is -0.648. The zero-order chi connectivity index (χ0) is 19.8. The SMILES string of the molecule is O=C(O)CNC(=O)c1c(=O)cc(Sc2cccc3sc(Cl)cc23)n2[nH]cnc12. The van der Waals surface area contributed by atoms with Gasteiger partial charge in [-0.1, -0.05) is 29.4 Å². The van der Waals surface area contributed by atoms with Crippen LogP contribution in [0, 0.1) is 0 Å². The molecule has 3 aromatic heterocycles. The number of aromatic amines is 1. The van der Waals surface area contributed by atoms with E-state index in [1.807, 2.05) is 24.3 Å². The normalized spacial score (nSPS) is 11.2. The third-order valence-corrected chi connectivity index (χ3v) is 6.18. The van der Waals surface area contributed by atoms with Crippen molar-refractivity contribution < 1.29 is 14.7 Å². The number of hydrogen-bond acceptors (Lipinski definition) is 6. The molecule has 4 rings (SSSR count). The number of carbonyl (C=O) groups excluding carboxylic acids is 1. The molecule has 8 nitrogen and oxygen atoms in total. The Labute approximate surface area is 170 Å². The first-order valence-corrected chi connectivity index (χ1v) is 9.90. The molecular weight excluding hydrogens is 424 g/mol. The van der Waals surface area contributed by atoms with Crippen LogP contribution in [0.15, 0.2) is 51.4 Å². The van der Waals surface area contributed by atoms with Gasteiger partial charge in [0.25, 0.3) is 5.91 Å². The first-order chi connectivity index (χ1) is 13.4. The average Bonchev–Trinajstić information content (AvgIpc) is 3.26. The highest BCUT2D eigenvalue weighted by molar-refractivity contribution is 7.99. The Morgan fingerprint density at radius 1 is 1.36 bits per heavy atom. The summed E-state index contributed by atoms with van der Waals surface area (Å²) in [4.78, 5) is 40.5. The fourth-order valence-corrected chi connectivity index (χ4v) is 4.99. The summed E-state index contributed by atoms with van der Waals surface area (Å²) in [5.74, 6) is -2.00. The van der Waals surface area contributed by atoms with Crippen molar-refractivity contribution in [3.63, 3.8) is 0 Å². The fraction of sp³-hybridized carbons (Fsp3) is 0.0588. The maximum Gasteiger partial charge on any atom is 0.322 e. The van der Waals surface area contributed by atoms with E-state index in [-0.39, 0.29) is 11.2 Å². The molecule has 0 aliphatic carbocycles. The van der Waals surface area contributed by atoms with E-state index in [4.69, 9.17) is 16.7 Å². The van der Waals surface area contributed by atoms with Crippen molar-refractivity contribution in [1.82, 2.24) is 19.9 Å². The van der Waals surface area contributed by atoms with Gasteiger partial charge in [-0.2, -0.15) is 0 Å². The first-order valence-electron chi connectivity index (χ1n) is 7.89. The molecule has 3 N–H and O–H groups in total. The molecule has 0 spiro atoms. The monoisotopic (exact) mass is 434 g/mol. The van der Waals surface area contributed by atoms with Crippen LogP contribution < -0.4 is 10.7 Å². The molecule has 142 valence electrons. The second-order valence-electron chi connectivity index (χ2n) is 5.67. The van der Waals surface area contributed by atoms with Crippen LogP contribution in [0.4, 0.5) is 0 Å². The highest BCUT2D eigenvalue weighted by atomic mass is 35.5. The van der Waals surface area contributed by atoms with Gasteiger partial charge in [-0.3, -0.25) is 19.5 Å². The molecule has 0 fully saturated rings. The number of rotatable bonds is 5. The number of aliphatic carboxylic acids is 1. The number of carboxylic acids is 1. The van der Waals surface area contributed by atoms with Gasteiger partial charge < -0.3 is 10.4 Å². The summed E-state index contributed by atoms with van der Waals surface area (Å²) in [5, 5.41) is 15.3. The smallest absolute Gasteiger partial charge is 0.322 e. The molecule has 0 unspecified atom stereocenters. The minimum atomic E-state index is -1.21. The summed E-state index contributed by atoms with van der Waals surface area (Å²) in [7, 11) is 0. The minimum absolute atomic E-state index is 0.119. The zero-order valence-electron chi connectivity index (χ0n) is 13.9. The Morgan fingerprint density at radius 3 is 2.96 bits per heavy atom. The summed E-state index contributed by atoms with van der Waals surface area (Å²) in [6.45, 7) is -0.591. The molecule has 0 saturated heterocycles. The van der Waals surface area contributed by atoms with Crippen molar-refractivity contribution in [2.45, 2.75) is 9.92 Å². The van der Waals surface area contributed by atoms with Gasteiger partial charge in [0, 0.05) is 21.0 Å². The number of aromatic nitrogens is 3. The standard InChI is InChI=1S/C17H11ClN4O4S2/c18-12-4-8-10(27-12)2-1-3-11(8)28-13-5-9(23)15(16-20-7-21-22(13)16)17(26)19-6-14(24)25/h1-5,7H,6H2,(H,19,26)(H,20,21)(H,24,25). The highest BCUT2D eigenvalue weighted by Crippen LogP contribution is 2.38. The maximum absolute atomic E-state index is 12.6. The molecule has 1 aromatic carbocycles. The van der Waals surface area contributed by atoms with Crippen molar-refractivity contribution in [2.75, 3.05) is 6.54 Å². The average molecular weight is 435 g/mol. The van der Waals surface area contributed by atoms with Crippen LogP contribution >= 0.6 is 34.7 Å². The number of pyridine rings is 1. The molecular formula is C17H11ClN4O4S2. The molecule has 4 aromatic rings. The molecule has 0 atom stereocenters. The Morgan fingerprint density at radius 2 is 2.18 bits per heavy atom. The largest absolute Gasteiger partial charge is 0.480 e. The molecule has 0 radical (unpaired) electrons. The molecule has 0 aliphatic heterocycles. The number of hydrogen-bond donors (Lipinski definition) is 3. The van der Waals surface area contributed by atoms with Gasteiger partial charge in [-0.05, 0) is 18.2 Å². The predicted octanol–water partition coefficient (Wildman–Crippen LogP) is 2.86. The van der Waals surface area contributed by atoms with E-state index in [0.29, 0.717) is 9.36 Å². The van der Waals surface area contributed by atoms with Crippen LogP contribution in [-0.2, 0) is 4.79 Å². The lowest BCUT2D eigenvalue weighted by atomic mass is 10.2. The van der Waals surface area contributed by atoms with Gasteiger partial charge in [-0.25, -0.2) is 9.50 Å². The van der Waals surface area contributed by atoms with Gasteiger partial charge in [-0.15, -0.1) is 11.3 Å². The van der Waals surface area contributed by atoms with E-state index in [9.17, 15) is 14.4 Å². The number of thiophene rings is 1. The second-order valence-corrected chi connectivity index (χ2v) is 8.44. The van der Waals surface area contributed by atoms with Crippen LogP contribution in [-0.4, -0.2) is 38.1 Å². The van der Waals surface area contributed by atoms with Crippen LogP contribution in [0.5, 0.6) is 0 Å². The van der Waals surface area contributed by atoms with Crippen LogP contribution in [0.2, 0.25) is 4.34 Å². The van der Waals surface area contributed by atoms with Crippen molar-refractivity contribution in [1.29, 1.82) is 0 Å². The topological polar surface area (TPSA) is 117 Å².